The van der Waals surface area contributed by atoms with Crippen molar-refractivity contribution in [3.63, 3.8) is 0 Å². The molecule has 0 spiro atoms. The first kappa shape index (κ1) is 21.4. The quantitative estimate of drug-likeness (QED) is 0.639. The van der Waals surface area contributed by atoms with Crippen LogP contribution in [0.15, 0.2) is 42.6 Å². The number of pyridine rings is 1. The molecule has 0 saturated carbocycles. The maximum Gasteiger partial charge on any atom is 0.261 e. The van der Waals surface area contributed by atoms with Crippen molar-refractivity contribution >= 4 is 33.4 Å². The summed E-state index contributed by atoms with van der Waals surface area (Å²) in [7, 11) is 3.52. The first-order valence-electron chi connectivity index (χ1n) is 10.3. The Morgan fingerprint density at radius 2 is 2.06 bits per heavy atom. The zero-order valence-corrected chi connectivity index (χ0v) is 18.4. The van der Waals surface area contributed by atoms with Crippen molar-refractivity contribution in [1.29, 1.82) is 0 Å². The van der Waals surface area contributed by atoms with E-state index in [-0.39, 0.29) is 23.5 Å². The van der Waals surface area contributed by atoms with Crippen LogP contribution in [0.5, 0.6) is 0 Å². The lowest BCUT2D eigenvalue weighted by atomic mass is 9.95. The number of hydrogen-bond acceptors (Lipinski definition) is 5. The van der Waals surface area contributed by atoms with Gasteiger partial charge in [0.2, 0.25) is 5.91 Å². The van der Waals surface area contributed by atoms with Gasteiger partial charge in [-0.3, -0.25) is 14.5 Å². The molecule has 31 heavy (non-hydrogen) atoms. The molecule has 3 heterocycles. The van der Waals surface area contributed by atoms with Crippen molar-refractivity contribution in [2.24, 2.45) is 0 Å². The summed E-state index contributed by atoms with van der Waals surface area (Å²) in [4.78, 5) is 35.1. The number of nitrogens with one attached hydrogen (secondary N) is 1. The number of carbonyl (C=O) groups excluding carboxylic acids is 2. The summed E-state index contributed by atoms with van der Waals surface area (Å²) >= 11 is 1.40. The number of halogens is 1. The molecule has 1 N–H and O–H groups in total. The maximum atomic E-state index is 13.1. The van der Waals surface area contributed by atoms with E-state index in [1.807, 2.05) is 29.0 Å². The van der Waals surface area contributed by atoms with Gasteiger partial charge in [0, 0.05) is 44.2 Å². The summed E-state index contributed by atoms with van der Waals surface area (Å²) in [5, 5.41) is 3.72. The van der Waals surface area contributed by atoms with Crippen LogP contribution in [-0.4, -0.2) is 60.3 Å². The van der Waals surface area contributed by atoms with Gasteiger partial charge in [-0.1, -0.05) is 18.2 Å². The molecule has 8 heteroatoms. The third-order valence-corrected chi connectivity index (χ3v) is 6.79. The second kappa shape index (κ2) is 9.11. The topological polar surface area (TPSA) is 65.5 Å². The van der Waals surface area contributed by atoms with Crippen LogP contribution in [0.1, 0.15) is 33.1 Å². The van der Waals surface area contributed by atoms with Crippen LogP contribution in [0.25, 0.3) is 10.2 Å². The van der Waals surface area contributed by atoms with Crippen LogP contribution in [0, 0.1) is 5.82 Å². The number of aromatic nitrogens is 1. The first-order chi connectivity index (χ1) is 15.0. The molecule has 0 unspecified atom stereocenters. The summed E-state index contributed by atoms with van der Waals surface area (Å²) in [5.41, 5.74) is 1.96. The number of rotatable bonds is 6. The lowest BCUT2D eigenvalue weighted by molar-refractivity contribution is -0.131. The first-order valence-corrected chi connectivity index (χ1v) is 11.1. The van der Waals surface area contributed by atoms with Gasteiger partial charge < -0.3 is 10.2 Å². The van der Waals surface area contributed by atoms with Crippen LogP contribution in [0.2, 0.25) is 0 Å². The minimum Gasteiger partial charge on any atom is -0.354 e. The molecule has 0 radical (unpaired) electrons. The summed E-state index contributed by atoms with van der Waals surface area (Å²) in [6, 6.07) is 10.2. The molecule has 1 aliphatic heterocycles. The van der Waals surface area contributed by atoms with Crippen LogP contribution in [-0.2, 0) is 11.3 Å². The summed E-state index contributed by atoms with van der Waals surface area (Å²) in [5.74, 6) is -0.206. The highest BCUT2D eigenvalue weighted by Crippen LogP contribution is 2.39. The second-order valence-electron chi connectivity index (χ2n) is 7.90. The van der Waals surface area contributed by atoms with E-state index in [0.717, 1.165) is 27.8 Å². The van der Waals surface area contributed by atoms with E-state index >= 15 is 0 Å². The fourth-order valence-corrected chi connectivity index (χ4v) is 5.33. The van der Waals surface area contributed by atoms with E-state index in [2.05, 4.69) is 10.3 Å². The smallest absolute Gasteiger partial charge is 0.261 e. The molecule has 1 atom stereocenters. The Morgan fingerprint density at radius 3 is 2.81 bits per heavy atom. The largest absolute Gasteiger partial charge is 0.354 e. The molecule has 1 aliphatic rings. The van der Waals surface area contributed by atoms with Crippen LogP contribution < -0.4 is 5.32 Å². The van der Waals surface area contributed by atoms with Gasteiger partial charge in [-0.25, -0.2) is 9.37 Å². The minimum atomic E-state index is -0.266. The number of likely N-dealkylation sites (tertiary alicyclic amines) is 1. The molecular weight excluding hydrogens is 415 g/mol. The van der Waals surface area contributed by atoms with Gasteiger partial charge in [0.05, 0.1) is 11.4 Å². The van der Waals surface area contributed by atoms with Gasteiger partial charge in [-0.2, -0.15) is 0 Å². The van der Waals surface area contributed by atoms with Crippen molar-refractivity contribution in [1.82, 2.24) is 20.1 Å². The third kappa shape index (κ3) is 4.60. The summed E-state index contributed by atoms with van der Waals surface area (Å²) in [6.07, 6.45) is 2.55. The van der Waals surface area contributed by atoms with Gasteiger partial charge in [0.15, 0.2) is 0 Å². The molecule has 1 aromatic carbocycles. The van der Waals surface area contributed by atoms with E-state index in [1.165, 1.54) is 23.5 Å². The Bertz CT molecular complexity index is 1100. The van der Waals surface area contributed by atoms with Crippen molar-refractivity contribution in [2.45, 2.75) is 18.9 Å². The van der Waals surface area contributed by atoms with Crippen LogP contribution in [0.4, 0.5) is 4.39 Å². The Balaban J connectivity index is 1.45. The van der Waals surface area contributed by atoms with E-state index in [4.69, 9.17) is 0 Å². The summed E-state index contributed by atoms with van der Waals surface area (Å²) < 4.78 is 13.1. The van der Waals surface area contributed by atoms with E-state index in [9.17, 15) is 14.0 Å². The zero-order valence-electron chi connectivity index (χ0n) is 17.6. The second-order valence-corrected chi connectivity index (χ2v) is 8.90. The third-order valence-electron chi connectivity index (χ3n) is 5.66. The molecule has 4 rings (SSSR count). The standard InChI is InChI=1S/C23H25FN4O2S/c1-25-22(30)21-20(18-4-3-10-26-23(18)31-21)16-9-11-28(13-16)19(29)14-27(2)12-15-5-7-17(24)8-6-15/h3-8,10,16H,9,11-14H2,1-2H3,(H,25,30)/t16-/m1/s1. The maximum absolute atomic E-state index is 13.1. The highest BCUT2D eigenvalue weighted by atomic mass is 32.1. The lowest BCUT2D eigenvalue weighted by Crippen LogP contribution is -2.37. The van der Waals surface area contributed by atoms with E-state index < -0.39 is 0 Å². The van der Waals surface area contributed by atoms with Crippen molar-refractivity contribution < 1.29 is 14.0 Å². The molecule has 0 aliphatic carbocycles. The average molecular weight is 441 g/mol. The summed E-state index contributed by atoms with van der Waals surface area (Å²) in [6.45, 7) is 2.12. The predicted octanol–water partition coefficient (Wildman–Crippen LogP) is 3.24. The number of fused-ring (bicyclic) bond motifs is 1. The van der Waals surface area contributed by atoms with Crippen LogP contribution in [0.3, 0.4) is 0 Å². The number of benzene rings is 1. The zero-order chi connectivity index (χ0) is 22.0. The fraction of sp³-hybridized carbons (Fsp3) is 0.348. The highest BCUT2D eigenvalue weighted by molar-refractivity contribution is 7.20. The Hall–Kier alpha value is -2.84. The Kier molecular flexibility index (Phi) is 6.29. The molecule has 6 nitrogen and oxygen atoms in total. The number of likely N-dealkylation sites (N-methyl/N-ethyl adjacent to an activating group) is 1. The van der Waals surface area contributed by atoms with Crippen molar-refractivity contribution in [2.75, 3.05) is 33.7 Å². The SMILES string of the molecule is CNC(=O)c1sc2ncccc2c1[C@@H]1CCN(C(=O)CN(C)Cc2ccc(F)cc2)C1. The molecule has 1 fully saturated rings. The fourth-order valence-electron chi connectivity index (χ4n) is 4.15. The van der Waals surface area contributed by atoms with Crippen molar-refractivity contribution in [3.05, 3.63) is 64.4 Å². The van der Waals surface area contributed by atoms with Crippen LogP contribution >= 0.6 is 11.3 Å². The van der Waals surface area contributed by atoms with Gasteiger partial charge in [0.25, 0.3) is 5.91 Å². The monoisotopic (exact) mass is 440 g/mol. The molecule has 0 bridgehead atoms. The number of nitrogens with zero attached hydrogens (tertiary/aromatic N) is 3. The minimum absolute atomic E-state index is 0.0614. The Labute approximate surface area is 184 Å². The molecule has 3 aromatic rings. The molecule has 2 aromatic heterocycles. The van der Waals surface area contributed by atoms with E-state index in [1.54, 1.807) is 25.4 Å². The van der Waals surface area contributed by atoms with Gasteiger partial charge in [-0.05, 0) is 42.8 Å². The molecular formula is C23H25FN4O2S. The van der Waals surface area contributed by atoms with Crippen molar-refractivity contribution in [3.8, 4) is 0 Å². The molecule has 1 saturated heterocycles. The predicted molar refractivity (Wildman–Crippen MR) is 120 cm³/mol. The number of thiophene rings is 1. The molecule has 2 amide bonds. The molecule has 162 valence electrons. The van der Waals surface area contributed by atoms with Gasteiger partial charge in [-0.15, -0.1) is 11.3 Å². The normalized spacial score (nSPS) is 16.3. The number of carbonyl (C=O) groups is 2. The van der Waals surface area contributed by atoms with E-state index in [0.29, 0.717) is 31.1 Å². The van der Waals surface area contributed by atoms with Gasteiger partial charge >= 0.3 is 0 Å². The lowest BCUT2D eigenvalue weighted by Gasteiger charge is -2.22. The number of hydrogen-bond donors (Lipinski definition) is 1. The number of amides is 2. The Morgan fingerprint density at radius 1 is 1.29 bits per heavy atom. The highest BCUT2D eigenvalue weighted by Gasteiger charge is 2.32. The van der Waals surface area contributed by atoms with Gasteiger partial charge in [0.1, 0.15) is 10.6 Å². The average Bonchev–Trinajstić information content (AvgIpc) is 3.39.